The summed E-state index contributed by atoms with van der Waals surface area (Å²) in [5, 5.41) is 0. The first kappa shape index (κ1) is 8.47. The van der Waals surface area contributed by atoms with Crippen LogP contribution in [0.2, 0.25) is 0 Å². The molecule has 0 fully saturated rings. The van der Waals surface area contributed by atoms with Gasteiger partial charge in [-0.05, 0) is 24.1 Å². The summed E-state index contributed by atoms with van der Waals surface area (Å²) in [6, 6.07) is 5.88. The number of halogens is 1. The fraction of sp³-hybridized carbons (Fsp3) is 0.222. The number of carbonyl (C=O) groups excluding carboxylic acids is 1. The second kappa shape index (κ2) is 3.67. The van der Waals surface area contributed by atoms with Crippen LogP contribution in [0.15, 0.2) is 22.7 Å². The van der Waals surface area contributed by atoms with Crippen LogP contribution in [0.1, 0.15) is 11.1 Å². The van der Waals surface area contributed by atoms with E-state index in [-0.39, 0.29) is 0 Å². The van der Waals surface area contributed by atoms with Crippen LogP contribution in [-0.2, 0) is 11.2 Å². The van der Waals surface area contributed by atoms with Crippen LogP contribution in [0.25, 0.3) is 0 Å². The average Bonchev–Trinajstić information content (AvgIpc) is 1.99. The summed E-state index contributed by atoms with van der Waals surface area (Å²) in [6.07, 6.45) is 1.43. The highest BCUT2D eigenvalue weighted by Gasteiger charge is 1.99. The molecule has 2 heteroatoms. The average molecular weight is 213 g/mol. The molecule has 0 aromatic heterocycles. The van der Waals surface area contributed by atoms with Gasteiger partial charge >= 0.3 is 0 Å². The van der Waals surface area contributed by atoms with Gasteiger partial charge in [-0.3, -0.25) is 0 Å². The van der Waals surface area contributed by atoms with E-state index < -0.39 is 0 Å². The lowest BCUT2D eigenvalue weighted by Gasteiger charge is -2.02. The summed E-state index contributed by atoms with van der Waals surface area (Å²) >= 11 is 3.40. The zero-order valence-corrected chi connectivity index (χ0v) is 7.89. The number of carbonyl (C=O) groups is 1. The lowest BCUT2D eigenvalue weighted by molar-refractivity contribution is -0.107. The van der Waals surface area contributed by atoms with Crippen molar-refractivity contribution in [3.63, 3.8) is 0 Å². The van der Waals surface area contributed by atoms with E-state index in [0.29, 0.717) is 6.42 Å². The maximum Gasteiger partial charge on any atom is 0.124 e. The maximum atomic E-state index is 10.2. The highest BCUT2D eigenvalue weighted by atomic mass is 79.9. The van der Waals surface area contributed by atoms with Crippen LogP contribution in [0.3, 0.4) is 0 Å². The molecule has 0 N–H and O–H groups in total. The Morgan fingerprint density at radius 2 is 2.27 bits per heavy atom. The van der Waals surface area contributed by atoms with Gasteiger partial charge in [0.1, 0.15) is 6.29 Å². The molecule has 0 heterocycles. The van der Waals surface area contributed by atoms with E-state index in [9.17, 15) is 4.79 Å². The van der Waals surface area contributed by atoms with Crippen molar-refractivity contribution >= 4 is 22.2 Å². The number of aldehydes is 1. The topological polar surface area (TPSA) is 17.1 Å². The zero-order valence-electron chi connectivity index (χ0n) is 6.30. The summed E-state index contributed by atoms with van der Waals surface area (Å²) < 4.78 is 1.07. The Hall–Kier alpha value is -0.630. The Morgan fingerprint density at radius 3 is 2.91 bits per heavy atom. The number of hydrogen-bond acceptors (Lipinski definition) is 1. The van der Waals surface area contributed by atoms with Gasteiger partial charge in [0.25, 0.3) is 0 Å². The first-order valence-corrected chi connectivity index (χ1v) is 4.22. The summed E-state index contributed by atoms with van der Waals surface area (Å²) in [7, 11) is 0. The molecule has 0 bridgehead atoms. The van der Waals surface area contributed by atoms with Crippen LogP contribution in [0.4, 0.5) is 0 Å². The molecule has 0 aliphatic heterocycles. The Morgan fingerprint density at radius 1 is 1.55 bits per heavy atom. The number of rotatable bonds is 2. The van der Waals surface area contributed by atoms with Crippen LogP contribution in [-0.4, -0.2) is 6.29 Å². The molecule has 0 aliphatic carbocycles. The minimum absolute atomic E-state index is 0.505. The summed E-state index contributed by atoms with van der Waals surface area (Å²) in [5.41, 5.74) is 2.24. The van der Waals surface area contributed by atoms with Crippen molar-refractivity contribution in [3.8, 4) is 0 Å². The van der Waals surface area contributed by atoms with Crippen molar-refractivity contribution < 1.29 is 4.79 Å². The first-order chi connectivity index (χ1) is 5.25. The molecule has 1 nitrogen and oxygen atoms in total. The predicted molar refractivity (Wildman–Crippen MR) is 48.6 cm³/mol. The fourth-order valence-electron chi connectivity index (χ4n) is 0.963. The van der Waals surface area contributed by atoms with Gasteiger partial charge in [0, 0.05) is 10.9 Å². The second-order valence-electron chi connectivity index (χ2n) is 2.39. The van der Waals surface area contributed by atoms with Crippen LogP contribution in [0, 0.1) is 6.92 Å². The van der Waals surface area contributed by atoms with Gasteiger partial charge in [0.15, 0.2) is 0 Å². The minimum Gasteiger partial charge on any atom is -0.303 e. The largest absolute Gasteiger partial charge is 0.303 e. The van der Waals surface area contributed by atoms with Gasteiger partial charge in [-0.15, -0.1) is 0 Å². The monoisotopic (exact) mass is 212 g/mol. The van der Waals surface area contributed by atoms with Crippen LogP contribution >= 0.6 is 15.9 Å². The SMILES string of the molecule is Cc1c(Br)cccc1CC=O. The van der Waals surface area contributed by atoms with E-state index in [2.05, 4.69) is 15.9 Å². The molecule has 1 aromatic carbocycles. The van der Waals surface area contributed by atoms with E-state index in [4.69, 9.17) is 0 Å². The molecule has 0 amide bonds. The van der Waals surface area contributed by atoms with Gasteiger partial charge in [-0.25, -0.2) is 0 Å². The molecule has 0 saturated heterocycles. The molecule has 0 atom stereocenters. The molecule has 0 radical (unpaired) electrons. The highest BCUT2D eigenvalue weighted by molar-refractivity contribution is 9.10. The van der Waals surface area contributed by atoms with Gasteiger partial charge in [-0.1, -0.05) is 28.1 Å². The summed E-state index contributed by atoms with van der Waals surface area (Å²) in [6.45, 7) is 2.00. The lowest BCUT2D eigenvalue weighted by atomic mass is 10.1. The van der Waals surface area contributed by atoms with E-state index >= 15 is 0 Å². The molecular formula is C9H9BrO. The van der Waals surface area contributed by atoms with Crippen molar-refractivity contribution in [2.45, 2.75) is 13.3 Å². The molecule has 1 aromatic rings. The van der Waals surface area contributed by atoms with Crippen molar-refractivity contribution in [2.24, 2.45) is 0 Å². The van der Waals surface area contributed by atoms with Gasteiger partial charge < -0.3 is 4.79 Å². The molecule has 58 valence electrons. The van der Waals surface area contributed by atoms with Crippen molar-refractivity contribution in [2.75, 3.05) is 0 Å². The van der Waals surface area contributed by atoms with E-state index in [1.54, 1.807) is 0 Å². The summed E-state index contributed by atoms with van der Waals surface area (Å²) in [5.74, 6) is 0. The maximum absolute atomic E-state index is 10.2. The minimum atomic E-state index is 0.505. The summed E-state index contributed by atoms with van der Waals surface area (Å²) in [4.78, 5) is 10.2. The highest BCUT2D eigenvalue weighted by Crippen LogP contribution is 2.18. The third-order valence-electron chi connectivity index (χ3n) is 1.68. The molecule has 0 spiro atoms. The molecule has 1 rings (SSSR count). The number of benzene rings is 1. The second-order valence-corrected chi connectivity index (χ2v) is 3.25. The van der Waals surface area contributed by atoms with Crippen molar-refractivity contribution in [3.05, 3.63) is 33.8 Å². The van der Waals surface area contributed by atoms with Crippen LogP contribution in [0.5, 0.6) is 0 Å². The zero-order chi connectivity index (χ0) is 8.27. The quantitative estimate of drug-likeness (QED) is 0.689. The van der Waals surface area contributed by atoms with Gasteiger partial charge in [-0.2, -0.15) is 0 Å². The van der Waals surface area contributed by atoms with Crippen molar-refractivity contribution in [1.82, 2.24) is 0 Å². The lowest BCUT2D eigenvalue weighted by Crippen LogP contribution is -1.90. The van der Waals surface area contributed by atoms with E-state index in [0.717, 1.165) is 21.9 Å². The predicted octanol–water partition coefficient (Wildman–Crippen LogP) is 2.50. The number of hydrogen-bond donors (Lipinski definition) is 0. The molecule has 0 aliphatic rings. The standard InChI is InChI=1S/C9H9BrO/c1-7-8(5-6-11)3-2-4-9(7)10/h2-4,6H,5H2,1H3. The Balaban J connectivity index is 3.05. The Bertz CT molecular complexity index is 268. The fourth-order valence-corrected chi connectivity index (χ4v) is 1.37. The Kier molecular flexibility index (Phi) is 2.83. The normalized spacial score (nSPS) is 9.64. The van der Waals surface area contributed by atoms with Crippen molar-refractivity contribution in [1.29, 1.82) is 0 Å². The third-order valence-corrected chi connectivity index (χ3v) is 2.54. The molecule has 11 heavy (non-hydrogen) atoms. The van der Waals surface area contributed by atoms with E-state index in [1.165, 1.54) is 0 Å². The van der Waals surface area contributed by atoms with E-state index in [1.807, 2.05) is 25.1 Å². The molecular weight excluding hydrogens is 204 g/mol. The third kappa shape index (κ3) is 1.90. The van der Waals surface area contributed by atoms with Gasteiger partial charge in [0.2, 0.25) is 0 Å². The first-order valence-electron chi connectivity index (χ1n) is 3.43. The van der Waals surface area contributed by atoms with Gasteiger partial charge in [0.05, 0.1) is 0 Å². The van der Waals surface area contributed by atoms with Crippen LogP contribution < -0.4 is 0 Å². The molecule has 0 saturated carbocycles. The molecule has 0 unspecified atom stereocenters. The smallest absolute Gasteiger partial charge is 0.124 e. The Labute approximate surface area is 74.6 Å².